The number of allylic oxidation sites excluding steroid dienone is 2. The maximum atomic E-state index is 12.1. The van der Waals surface area contributed by atoms with Crippen LogP contribution in [0.4, 0.5) is 0 Å². The van der Waals surface area contributed by atoms with E-state index in [1.807, 2.05) is 28.1 Å². The predicted octanol–water partition coefficient (Wildman–Crippen LogP) is 6.03. The molecule has 0 fully saturated rings. The van der Waals surface area contributed by atoms with Crippen LogP contribution in [0.2, 0.25) is 0 Å². The predicted molar refractivity (Wildman–Crippen MR) is 141 cm³/mol. The minimum Gasteiger partial charge on any atom is -0.457 e. The molecule has 0 aromatic heterocycles. The lowest BCUT2D eigenvalue weighted by molar-refractivity contribution is -0.870. The van der Waals surface area contributed by atoms with Crippen LogP contribution in [0.5, 0.6) is 0 Å². The maximum Gasteiger partial charge on any atom is 0.472 e. The number of ether oxygens (including phenoxy) is 2. The van der Waals surface area contributed by atoms with E-state index in [0.29, 0.717) is 24.1 Å². The molecule has 0 spiro atoms. The monoisotopic (exact) mass is 522 g/mol. The number of phosphoric acid groups is 1. The summed E-state index contributed by atoms with van der Waals surface area (Å²) in [5.41, 5.74) is 0. The van der Waals surface area contributed by atoms with Crippen molar-refractivity contribution in [1.29, 1.82) is 0 Å². The van der Waals surface area contributed by atoms with Crippen molar-refractivity contribution in [3.8, 4) is 0 Å². The Balaban J connectivity index is 4.09. The normalized spacial score (nSPS) is 14.8. The lowest BCUT2D eigenvalue weighted by atomic mass is 10.1. The molecule has 0 saturated heterocycles. The van der Waals surface area contributed by atoms with Crippen LogP contribution in [0, 0.1) is 0 Å². The number of quaternary nitrogens is 1. The first-order valence-electron chi connectivity index (χ1n) is 13.4. The summed E-state index contributed by atoms with van der Waals surface area (Å²) in [7, 11) is 1.65. The number of unbranched alkanes of at least 4 members (excludes halogenated alkanes) is 8. The fourth-order valence-corrected chi connectivity index (χ4v) is 3.90. The molecule has 208 valence electrons. The van der Waals surface area contributed by atoms with Crippen molar-refractivity contribution in [1.82, 2.24) is 0 Å². The number of rotatable bonds is 24. The van der Waals surface area contributed by atoms with Crippen LogP contribution in [0.25, 0.3) is 0 Å². The van der Waals surface area contributed by atoms with Gasteiger partial charge in [-0.3, -0.25) is 13.8 Å². The van der Waals surface area contributed by atoms with Crippen molar-refractivity contribution >= 4 is 13.8 Å². The van der Waals surface area contributed by atoms with Crippen LogP contribution >= 0.6 is 7.82 Å². The van der Waals surface area contributed by atoms with E-state index in [-0.39, 0.29) is 32.2 Å². The van der Waals surface area contributed by atoms with E-state index in [9.17, 15) is 14.3 Å². The summed E-state index contributed by atoms with van der Waals surface area (Å²) in [5.74, 6) is -0.372. The Kier molecular flexibility index (Phi) is 20.9. The molecule has 9 heteroatoms. The van der Waals surface area contributed by atoms with E-state index in [0.717, 1.165) is 12.8 Å². The molecule has 2 atom stereocenters. The molecule has 0 amide bonds. The molecule has 0 aliphatic heterocycles. The number of esters is 1. The first-order chi connectivity index (χ1) is 16.6. The van der Waals surface area contributed by atoms with Crippen molar-refractivity contribution in [3.05, 3.63) is 12.2 Å². The third kappa shape index (κ3) is 24.7. The highest BCUT2D eigenvalue weighted by Crippen LogP contribution is 2.43. The Morgan fingerprint density at radius 2 is 1.49 bits per heavy atom. The van der Waals surface area contributed by atoms with Crippen molar-refractivity contribution in [2.75, 3.05) is 54.1 Å². The van der Waals surface area contributed by atoms with E-state index >= 15 is 0 Å². The van der Waals surface area contributed by atoms with E-state index in [2.05, 4.69) is 19.1 Å². The Morgan fingerprint density at radius 1 is 0.857 bits per heavy atom. The van der Waals surface area contributed by atoms with Gasteiger partial charge in [-0.2, -0.15) is 0 Å². The van der Waals surface area contributed by atoms with Gasteiger partial charge in [0.1, 0.15) is 19.3 Å². The molecule has 0 saturated carbocycles. The molecule has 0 bridgehead atoms. The Hall–Kier alpha value is -0.760. The second-order valence-corrected chi connectivity index (χ2v) is 11.5. The number of hydrogen-bond acceptors (Lipinski definition) is 6. The van der Waals surface area contributed by atoms with Crippen LogP contribution in [0.15, 0.2) is 12.2 Å². The van der Waals surface area contributed by atoms with Gasteiger partial charge in [0.15, 0.2) is 0 Å². The molecule has 0 aliphatic rings. The maximum absolute atomic E-state index is 12.1. The van der Waals surface area contributed by atoms with Crippen molar-refractivity contribution < 1.29 is 37.3 Å². The molecule has 35 heavy (non-hydrogen) atoms. The number of likely N-dealkylation sites (N-methyl/N-ethyl adjacent to an activating group) is 1. The quantitative estimate of drug-likeness (QED) is 0.0544. The average Bonchev–Trinajstić information content (AvgIpc) is 2.76. The van der Waals surface area contributed by atoms with Gasteiger partial charge in [-0.05, 0) is 32.1 Å². The number of hydrogen-bond donors (Lipinski definition) is 1. The van der Waals surface area contributed by atoms with E-state index < -0.39 is 13.9 Å². The van der Waals surface area contributed by atoms with Gasteiger partial charge in [-0.25, -0.2) is 4.57 Å². The third-order valence-corrected chi connectivity index (χ3v) is 6.28. The second kappa shape index (κ2) is 21.3. The van der Waals surface area contributed by atoms with Gasteiger partial charge in [-0.1, -0.05) is 64.5 Å². The zero-order chi connectivity index (χ0) is 26.4. The van der Waals surface area contributed by atoms with Crippen molar-refractivity contribution in [2.45, 2.75) is 97.0 Å². The average molecular weight is 523 g/mol. The Labute approximate surface area is 214 Å². The van der Waals surface area contributed by atoms with E-state index in [1.54, 1.807) is 0 Å². The van der Waals surface area contributed by atoms with Gasteiger partial charge in [0.05, 0.1) is 34.4 Å². The first kappa shape index (κ1) is 34.2. The summed E-state index contributed by atoms with van der Waals surface area (Å²) < 4.78 is 33.9. The molecule has 0 aromatic rings. The van der Waals surface area contributed by atoms with Crippen molar-refractivity contribution in [3.63, 3.8) is 0 Å². The summed E-state index contributed by atoms with van der Waals surface area (Å²) in [6.45, 7) is 5.18. The second-order valence-electron chi connectivity index (χ2n) is 10.1. The fourth-order valence-electron chi connectivity index (χ4n) is 3.16. The topological polar surface area (TPSA) is 91.3 Å². The number of phosphoric ester groups is 1. The molecule has 0 aromatic carbocycles. The summed E-state index contributed by atoms with van der Waals surface area (Å²) >= 11 is 0. The van der Waals surface area contributed by atoms with Crippen LogP contribution in [0.1, 0.15) is 90.9 Å². The summed E-state index contributed by atoms with van der Waals surface area (Å²) in [6.07, 6.45) is 16.6. The van der Waals surface area contributed by atoms with Gasteiger partial charge in [0.25, 0.3) is 0 Å². The number of carbonyl (C=O) groups is 1. The van der Waals surface area contributed by atoms with Gasteiger partial charge < -0.3 is 18.9 Å². The SMILES string of the molecule is CCCC/C=C\CCCCCCCCOCC(COP(=O)(O)OCC[N+](C)(C)C)OC(=O)CCC. The first-order valence-corrected chi connectivity index (χ1v) is 14.9. The molecule has 0 heterocycles. The summed E-state index contributed by atoms with van der Waals surface area (Å²) in [4.78, 5) is 21.8. The number of nitrogens with zero attached hydrogens (tertiary/aromatic N) is 1. The van der Waals surface area contributed by atoms with E-state index in [1.165, 1.54) is 51.4 Å². The zero-order valence-corrected chi connectivity index (χ0v) is 23.9. The Morgan fingerprint density at radius 3 is 2.11 bits per heavy atom. The minimum atomic E-state index is -4.23. The minimum absolute atomic E-state index is 0.0870. The van der Waals surface area contributed by atoms with Crippen LogP contribution in [-0.2, 0) is 27.9 Å². The van der Waals surface area contributed by atoms with Crippen LogP contribution in [-0.4, -0.2) is 75.6 Å². The Bertz CT molecular complexity index is 593. The highest BCUT2D eigenvalue weighted by atomic mass is 31.2. The van der Waals surface area contributed by atoms with Gasteiger partial charge >= 0.3 is 13.8 Å². The molecule has 1 N–H and O–H groups in total. The van der Waals surface area contributed by atoms with Crippen LogP contribution < -0.4 is 0 Å². The van der Waals surface area contributed by atoms with Gasteiger partial charge in [-0.15, -0.1) is 0 Å². The summed E-state index contributed by atoms with van der Waals surface area (Å²) in [6, 6.07) is 0. The molecule has 0 radical (unpaired) electrons. The smallest absolute Gasteiger partial charge is 0.457 e. The molecule has 2 unspecified atom stereocenters. The molecule has 0 aliphatic carbocycles. The fraction of sp³-hybridized carbons (Fsp3) is 0.885. The van der Waals surface area contributed by atoms with Crippen LogP contribution in [0.3, 0.4) is 0 Å². The van der Waals surface area contributed by atoms with Gasteiger partial charge in [0, 0.05) is 13.0 Å². The third-order valence-electron chi connectivity index (χ3n) is 5.30. The zero-order valence-electron chi connectivity index (χ0n) is 23.0. The largest absolute Gasteiger partial charge is 0.472 e. The molecular weight excluding hydrogens is 469 g/mol. The molecule has 8 nitrogen and oxygen atoms in total. The number of carbonyl (C=O) groups excluding carboxylic acids is 1. The standard InChI is InChI=1S/C26H52NO7P/c1-6-8-9-10-11-12-13-14-15-16-17-18-21-31-23-25(34-26(28)19-7-2)24-33-35(29,30)32-22-20-27(3,4)5/h10-11,25H,6-9,12-24H2,1-5H3/p+1/b11-10-. The lowest BCUT2D eigenvalue weighted by Crippen LogP contribution is -2.37. The lowest BCUT2D eigenvalue weighted by Gasteiger charge is -2.24. The summed E-state index contributed by atoms with van der Waals surface area (Å²) in [5, 5.41) is 0. The highest BCUT2D eigenvalue weighted by molar-refractivity contribution is 7.47. The molecular formula is C26H53NO7P+. The van der Waals surface area contributed by atoms with E-state index in [4.69, 9.17) is 18.5 Å². The van der Waals surface area contributed by atoms with Gasteiger partial charge in [0.2, 0.25) is 0 Å². The van der Waals surface area contributed by atoms with Crippen molar-refractivity contribution in [2.24, 2.45) is 0 Å². The molecule has 0 rings (SSSR count). The highest BCUT2D eigenvalue weighted by Gasteiger charge is 2.26.